The summed E-state index contributed by atoms with van der Waals surface area (Å²) in [5, 5.41) is 3.31. The van der Waals surface area contributed by atoms with Crippen LogP contribution in [-0.4, -0.2) is 13.1 Å². The maximum atomic E-state index is 13.1. The fourth-order valence-electron chi connectivity index (χ4n) is 2.21. The van der Waals surface area contributed by atoms with E-state index < -0.39 is 0 Å². The molecule has 1 aromatic rings. The maximum Gasteiger partial charge on any atom is 0.123 e. The molecule has 1 N–H and O–H groups in total. The largest absolute Gasteiger partial charge is 0.316 e. The van der Waals surface area contributed by atoms with E-state index in [-0.39, 0.29) is 5.82 Å². The number of rotatable bonds is 3. The van der Waals surface area contributed by atoms with Crippen molar-refractivity contribution in [2.24, 2.45) is 5.41 Å². The summed E-state index contributed by atoms with van der Waals surface area (Å²) in [6, 6.07) is 5.10. The Hall–Kier alpha value is -0.890. The molecular weight excluding hydrogens is 189 g/mol. The minimum Gasteiger partial charge on any atom is -0.316 e. The van der Waals surface area contributed by atoms with Crippen molar-refractivity contribution in [3.05, 3.63) is 35.1 Å². The van der Waals surface area contributed by atoms with Crippen LogP contribution in [0.25, 0.3) is 0 Å². The molecule has 82 valence electrons. The molecule has 1 aliphatic heterocycles. The lowest BCUT2D eigenvalue weighted by Gasteiger charge is -2.42. The summed E-state index contributed by atoms with van der Waals surface area (Å²) in [6.45, 7) is 6.42. The highest BCUT2D eigenvalue weighted by molar-refractivity contribution is 5.28. The highest BCUT2D eigenvalue weighted by atomic mass is 19.1. The normalized spacial score (nSPS) is 18.6. The average molecular weight is 207 g/mol. The predicted octanol–water partition coefficient (Wildman–Crippen LogP) is 2.68. The first-order chi connectivity index (χ1) is 7.15. The molecule has 0 saturated carbocycles. The summed E-state index contributed by atoms with van der Waals surface area (Å²) >= 11 is 0. The molecule has 1 saturated heterocycles. The number of benzene rings is 1. The Morgan fingerprint density at radius 1 is 1.40 bits per heavy atom. The van der Waals surface area contributed by atoms with Gasteiger partial charge in [0.25, 0.3) is 0 Å². The summed E-state index contributed by atoms with van der Waals surface area (Å²) in [5.41, 5.74) is 2.74. The number of hydrogen-bond acceptors (Lipinski definition) is 1. The third kappa shape index (κ3) is 2.05. The van der Waals surface area contributed by atoms with Crippen molar-refractivity contribution < 1.29 is 4.39 Å². The average Bonchev–Trinajstić information content (AvgIpc) is 2.17. The van der Waals surface area contributed by atoms with E-state index >= 15 is 0 Å². The molecular formula is C13H18FN. The van der Waals surface area contributed by atoms with E-state index in [0.29, 0.717) is 5.41 Å². The molecule has 1 aromatic carbocycles. The lowest BCUT2D eigenvalue weighted by atomic mass is 9.73. The van der Waals surface area contributed by atoms with E-state index in [1.54, 1.807) is 6.07 Å². The van der Waals surface area contributed by atoms with E-state index in [4.69, 9.17) is 0 Å². The smallest absolute Gasteiger partial charge is 0.123 e. The predicted molar refractivity (Wildman–Crippen MR) is 60.4 cm³/mol. The molecule has 1 heterocycles. The molecule has 2 rings (SSSR count). The van der Waals surface area contributed by atoms with Crippen LogP contribution in [0.15, 0.2) is 18.2 Å². The van der Waals surface area contributed by atoms with E-state index in [0.717, 1.165) is 25.9 Å². The van der Waals surface area contributed by atoms with Crippen LogP contribution in [0.5, 0.6) is 0 Å². The number of nitrogens with one attached hydrogen (secondary N) is 1. The van der Waals surface area contributed by atoms with Gasteiger partial charge < -0.3 is 5.32 Å². The van der Waals surface area contributed by atoms with Gasteiger partial charge in [-0.2, -0.15) is 0 Å². The Labute approximate surface area is 90.7 Å². The Morgan fingerprint density at radius 3 is 2.67 bits per heavy atom. The number of hydrogen-bond donors (Lipinski definition) is 1. The molecule has 0 aliphatic carbocycles. The second kappa shape index (κ2) is 3.93. The van der Waals surface area contributed by atoms with Crippen LogP contribution in [0.2, 0.25) is 0 Å². The zero-order valence-electron chi connectivity index (χ0n) is 9.44. The van der Waals surface area contributed by atoms with Gasteiger partial charge in [-0.1, -0.05) is 13.0 Å². The second-order valence-corrected chi connectivity index (χ2v) is 4.70. The van der Waals surface area contributed by atoms with E-state index in [9.17, 15) is 4.39 Å². The zero-order chi connectivity index (χ0) is 10.9. The monoisotopic (exact) mass is 207 g/mol. The van der Waals surface area contributed by atoms with Gasteiger partial charge in [-0.25, -0.2) is 4.39 Å². The standard InChI is InChI=1S/C13H18FN/c1-3-13(8-15-9-13)7-11-6-12(14)5-4-10(11)2/h4-6,15H,3,7-9H2,1-2H3. The van der Waals surface area contributed by atoms with Gasteiger partial charge in [0.05, 0.1) is 0 Å². The Kier molecular flexibility index (Phi) is 2.79. The SMILES string of the molecule is CCC1(Cc2cc(F)ccc2C)CNC1. The first kappa shape index (κ1) is 10.6. The topological polar surface area (TPSA) is 12.0 Å². The lowest BCUT2D eigenvalue weighted by Crippen LogP contribution is -2.54. The fourth-order valence-corrected chi connectivity index (χ4v) is 2.21. The van der Waals surface area contributed by atoms with Crippen LogP contribution >= 0.6 is 0 Å². The summed E-state index contributed by atoms with van der Waals surface area (Å²) in [6.07, 6.45) is 2.16. The molecule has 0 aromatic heterocycles. The highest BCUT2D eigenvalue weighted by Crippen LogP contribution is 2.32. The van der Waals surface area contributed by atoms with Crippen molar-refractivity contribution in [3.63, 3.8) is 0 Å². The van der Waals surface area contributed by atoms with Crippen LogP contribution in [0, 0.1) is 18.2 Å². The summed E-state index contributed by atoms with van der Waals surface area (Å²) in [7, 11) is 0. The van der Waals surface area contributed by atoms with Crippen LogP contribution in [0.1, 0.15) is 24.5 Å². The Morgan fingerprint density at radius 2 is 2.13 bits per heavy atom. The van der Waals surface area contributed by atoms with Crippen LogP contribution in [0.3, 0.4) is 0 Å². The van der Waals surface area contributed by atoms with Gasteiger partial charge in [0.15, 0.2) is 0 Å². The van der Waals surface area contributed by atoms with Gasteiger partial charge >= 0.3 is 0 Å². The van der Waals surface area contributed by atoms with Gasteiger partial charge in [0, 0.05) is 13.1 Å². The number of aryl methyl sites for hydroxylation is 1. The first-order valence-corrected chi connectivity index (χ1v) is 5.61. The van der Waals surface area contributed by atoms with Crippen LogP contribution in [-0.2, 0) is 6.42 Å². The molecule has 0 bridgehead atoms. The molecule has 0 radical (unpaired) electrons. The van der Waals surface area contributed by atoms with Gasteiger partial charge in [-0.15, -0.1) is 0 Å². The summed E-state index contributed by atoms with van der Waals surface area (Å²) in [5.74, 6) is -0.117. The van der Waals surface area contributed by atoms with Crippen LogP contribution < -0.4 is 5.32 Å². The molecule has 0 amide bonds. The van der Waals surface area contributed by atoms with E-state index in [2.05, 4.69) is 19.2 Å². The molecule has 1 aliphatic rings. The Balaban J connectivity index is 2.19. The van der Waals surface area contributed by atoms with Crippen molar-refractivity contribution in [3.8, 4) is 0 Å². The number of halogens is 1. The Bertz CT molecular complexity index is 350. The molecule has 15 heavy (non-hydrogen) atoms. The van der Waals surface area contributed by atoms with E-state index in [1.165, 1.54) is 17.2 Å². The maximum absolute atomic E-state index is 13.1. The van der Waals surface area contributed by atoms with Gasteiger partial charge in [0.2, 0.25) is 0 Å². The molecule has 2 heteroatoms. The van der Waals surface area contributed by atoms with Gasteiger partial charge in [-0.3, -0.25) is 0 Å². The van der Waals surface area contributed by atoms with Crippen molar-refractivity contribution in [2.75, 3.05) is 13.1 Å². The molecule has 1 fully saturated rings. The third-order valence-corrected chi connectivity index (χ3v) is 3.63. The van der Waals surface area contributed by atoms with Gasteiger partial charge in [0.1, 0.15) is 5.82 Å². The second-order valence-electron chi connectivity index (χ2n) is 4.70. The lowest BCUT2D eigenvalue weighted by molar-refractivity contribution is 0.160. The summed E-state index contributed by atoms with van der Waals surface area (Å²) < 4.78 is 13.1. The van der Waals surface area contributed by atoms with E-state index in [1.807, 2.05) is 6.07 Å². The fraction of sp³-hybridized carbons (Fsp3) is 0.538. The van der Waals surface area contributed by atoms with Crippen LogP contribution in [0.4, 0.5) is 4.39 Å². The molecule has 0 atom stereocenters. The van der Waals surface area contributed by atoms with Crippen molar-refractivity contribution in [1.29, 1.82) is 0 Å². The summed E-state index contributed by atoms with van der Waals surface area (Å²) in [4.78, 5) is 0. The highest BCUT2D eigenvalue weighted by Gasteiger charge is 2.35. The minimum absolute atomic E-state index is 0.117. The quantitative estimate of drug-likeness (QED) is 0.803. The first-order valence-electron chi connectivity index (χ1n) is 5.61. The molecule has 1 nitrogen and oxygen atoms in total. The van der Waals surface area contributed by atoms with Crippen molar-refractivity contribution in [1.82, 2.24) is 5.32 Å². The minimum atomic E-state index is -0.117. The third-order valence-electron chi connectivity index (χ3n) is 3.63. The van der Waals surface area contributed by atoms with Crippen molar-refractivity contribution in [2.45, 2.75) is 26.7 Å². The van der Waals surface area contributed by atoms with Crippen molar-refractivity contribution >= 4 is 0 Å². The molecule has 0 spiro atoms. The van der Waals surface area contributed by atoms with Gasteiger partial charge in [-0.05, 0) is 48.4 Å². The zero-order valence-corrected chi connectivity index (χ0v) is 9.44. The molecule has 0 unspecified atom stereocenters.